The molecule has 0 bridgehead atoms. The van der Waals surface area contributed by atoms with Crippen LogP contribution in [0.15, 0.2) is 0 Å². The number of amides is 1. The Kier molecular flexibility index (Phi) is 9.27. The van der Waals surface area contributed by atoms with Gasteiger partial charge in [0.2, 0.25) is 0 Å². The molecular formula is C29H53BrN4O4Si. The predicted octanol–water partition coefficient (Wildman–Crippen LogP) is 3.91. The van der Waals surface area contributed by atoms with E-state index in [4.69, 9.17) is 9.47 Å². The van der Waals surface area contributed by atoms with Gasteiger partial charge in [0.05, 0.1) is 26.3 Å². The quantitative estimate of drug-likeness (QED) is 0.277. The van der Waals surface area contributed by atoms with Crippen molar-refractivity contribution in [3.8, 4) is 0 Å². The lowest BCUT2D eigenvalue weighted by Crippen LogP contribution is -2.52. The molecule has 3 saturated heterocycles. The maximum atomic E-state index is 14.3. The van der Waals surface area contributed by atoms with Crippen molar-refractivity contribution in [3.05, 3.63) is 0 Å². The van der Waals surface area contributed by atoms with Crippen LogP contribution in [0.1, 0.15) is 65.2 Å². The summed E-state index contributed by atoms with van der Waals surface area (Å²) in [6, 6.07) is 0.467. The summed E-state index contributed by atoms with van der Waals surface area (Å²) in [5, 5.41) is 11.6. The van der Waals surface area contributed by atoms with Gasteiger partial charge in [0, 0.05) is 50.6 Å². The third-order valence-electron chi connectivity index (χ3n) is 11.6. The Balaban J connectivity index is 1.43. The molecule has 0 aromatic rings. The summed E-state index contributed by atoms with van der Waals surface area (Å²) in [7, 11) is 2.05. The molecule has 5 aliphatic rings. The highest BCUT2D eigenvalue weighted by Crippen LogP contribution is 2.62. The van der Waals surface area contributed by atoms with Crippen molar-refractivity contribution in [2.24, 2.45) is 17.8 Å². The number of likely N-dealkylation sites (tertiary alicyclic amines) is 1. The van der Waals surface area contributed by atoms with Gasteiger partial charge in [-0.15, -0.1) is 0 Å². The molecule has 9 atom stereocenters. The number of carbonyl (C=O) groups is 1. The Labute approximate surface area is 245 Å². The number of carbonyl (C=O) groups excluding carboxylic acids is 1. The lowest BCUT2D eigenvalue weighted by Gasteiger charge is -2.45. The second kappa shape index (κ2) is 11.9. The molecule has 0 aromatic carbocycles. The van der Waals surface area contributed by atoms with E-state index < -0.39 is 13.7 Å². The Hall–Kier alpha value is -0.0731. The van der Waals surface area contributed by atoms with Gasteiger partial charge in [-0.3, -0.25) is 4.79 Å². The van der Waals surface area contributed by atoms with Crippen molar-refractivity contribution in [1.82, 2.24) is 20.9 Å². The number of aliphatic hydroxyl groups is 1. The van der Waals surface area contributed by atoms with Gasteiger partial charge in [0.25, 0.3) is 5.91 Å². The molecule has 8 nitrogen and oxygen atoms in total. The highest BCUT2D eigenvalue weighted by Gasteiger charge is 2.71. The van der Waals surface area contributed by atoms with E-state index in [1.807, 2.05) is 14.2 Å². The minimum atomic E-state index is -1.83. The van der Waals surface area contributed by atoms with Crippen molar-refractivity contribution < 1.29 is 19.4 Å². The van der Waals surface area contributed by atoms with Gasteiger partial charge in [-0.25, -0.2) is 10.4 Å². The van der Waals surface area contributed by atoms with Crippen molar-refractivity contribution in [2.75, 3.05) is 33.9 Å². The average molecular weight is 630 g/mol. The third kappa shape index (κ3) is 5.32. The van der Waals surface area contributed by atoms with Crippen molar-refractivity contribution >= 4 is 29.9 Å². The average Bonchev–Trinajstić information content (AvgIpc) is 3.54. The van der Waals surface area contributed by atoms with E-state index in [0.29, 0.717) is 22.4 Å². The molecule has 1 amide bonds. The molecule has 5 fully saturated rings. The molecule has 5 unspecified atom stereocenters. The first-order valence-corrected chi connectivity index (χ1v) is 19.6. The number of hydrogen-bond acceptors (Lipinski definition) is 7. The normalized spacial score (nSPS) is 45.4. The molecule has 39 heavy (non-hydrogen) atoms. The number of nitrogens with zero attached hydrogens (tertiary/aromatic N) is 2. The number of alkyl halides is 1. The number of ether oxygens (including phenoxy) is 2. The maximum absolute atomic E-state index is 14.3. The molecule has 3 heterocycles. The first kappa shape index (κ1) is 30.4. The molecule has 224 valence electrons. The Morgan fingerprint density at radius 3 is 2.56 bits per heavy atom. The number of methoxy groups -OCH3 is 1. The number of likely N-dealkylation sites (N-methyl/N-ethyl adjacent to an activating group) is 1. The van der Waals surface area contributed by atoms with E-state index in [2.05, 4.69) is 63.7 Å². The summed E-state index contributed by atoms with van der Waals surface area (Å²) in [6.07, 6.45) is 9.10. The number of hydrogen-bond donors (Lipinski definition) is 3. The number of rotatable bonds is 8. The Morgan fingerprint density at radius 1 is 1.18 bits per heavy atom. The largest absolute Gasteiger partial charge is 0.396 e. The van der Waals surface area contributed by atoms with Crippen molar-refractivity contribution in [1.29, 1.82) is 0 Å². The van der Waals surface area contributed by atoms with Crippen LogP contribution < -0.4 is 11.0 Å². The van der Waals surface area contributed by atoms with Crippen LogP contribution in [0.5, 0.6) is 0 Å². The first-order valence-electron chi connectivity index (χ1n) is 15.5. The highest BCUT2D eigenvalue weighted by molar-refractivity contribution is 9.09. The lowest BCUT2D eigenvalue weighted by atomic mass is 9.69. The zero-order chi connectivity index (χ0) is 28.1. The zero-order valence-electron chi connectivity index (χ0n) is 25.0. The highest BCUT2D eigenvalue weighted by atomic mass is 79.9. The summed E-state index contributed by atoms with van der Waals surface area (Å²) in [5.74, 6) is 1.26. The number of aliphatic hydroxyl groups excluding tert-OH is 1. The lowest BCUT2D eigenvalue weighted by molar-refractivity contribution is -0.155. The van der Waals surface area contributed by atoms with E-state index in [1.54, 1.807) is 0 Å². The van der Waals surface area contributed by atoms with Crippen LogP contribution in [0.25, 0.3) is 0 Å². The molecule has 2 saturated carbocycles. The van der Waals surface area contributed by atoms with Gasteiger partial charge in [-0.1, -0.05) is 55.7 Å². The molecule has 0 radical (unpaired) electrons. The molecule has 2 aliphatic carbocycles. The third-order valence-corrected chi connectivity index (χ3v) is 17.8. The van der Waals surface area contributed by atoms with E-state index in [0.717, 1.165) is 57.2 Å². The summed E-state index contributed by atoms with van der Waals surface area (Å²) >= 11 is 4.00. The SMILES string of the molecule is COC1CCC([Si](C)(C)[C@H]2[C@H](CCN3CC(CCO)NN3)O[C@@]3(C(=O)N(C)C4C(Br)CC(C)CC43)[C@@H]2C)CC1. The van der Waals surface area contributed by atoms with E-state index in [-0.39, 0.29) is 42.5 Å². The number of hydrazine groups is 2. The maximum Gasteiger partial charge on any atom is 0.255 e. The van der Waals surface area contributed by atoms with Crippen LogP contribution in [-0.2, 0) is 14.3 Å². The van der Waals surface area contributed by atoms with E-state index in [1.165, 1.54) is 12.8 Å². The molecular weight excluding hydrogens is 576 g/mol. The molecule has 10 heteroatoms. The van der Waals surface area contributed by atoms with Gasteiger partial charge in [-0.05, 0) is 61.4 Å². The summed E-state index contributed by atoms with van der Waals surface area (Å²) < 4.78 is 13.0. The summed E-state index contributed by atoms with van der Waals surface area (Å²) in [4.78, 5) is 16.7. The van der Waals surface area contributed by atoms with Gasteiger partial charge in [0.15, 0.2) is 5.60 Å². The number of fused-ring (bicyclic) bond motifs is 2. The van der Waals surface area contributed by atoms with Crippen LogP contribution in [-0.4, -0.2) is 97.6 Å². The second-order valence-corrected chi connectivity index (χ2v) is 20.4. The summed E-state index contributed by atoms with van der Waals surface area (Å²) in [6.45, 7) is 11.9. The van der Waals surface area contributed by atoms with Crippen LogP contribution in [0.2, 0.25) is 24.2 Å². The monoisotopic (exact) mass is 628 g/mol. The summed E-state index contributed by atoms with van der Waals surface area (Å²) in [5.41, 5.74) is 7.09. The topological polar surface area (TPSA) is 86.3 Å². The molecule has 0 aromatic heterocycles. The fraction of sp³-hybridized carbons (Fsp3) is 0.966. The van der Waals surface area contributed by atoms with Crippen molar-refractivity contribution in [2.45, 2.75) is 124 Å². The molecule has 5 rings (SSSR count). The van der Waals surface area contributed by atoms with E-state index in [9.17, 15) is 9.90 Å². The smallest absolute Gasteiger partial charge is 0.255 e. The minimum Gasteiger partial charge on any atom is -0.396 e. The fourth-order valence-electron chi connectivity index (χ4n) is 9.61. The van der Waals surface area contributed by atoms with Crippen LogP contribution in [0.3, 0.4) is 0 Å². The van der Waals surface area contributed by atoms with Crippen molar-refractivity contribution in [3.63, 3.8) is 0 Å². The van der Waals surface area contributed by atoms with Crippen LogP contribution in [0.4, 0.5) is 0 Å². The molecule has 1 spiro atoms. The van der Waals surface area contributed by atoms with E-state index >= 15 is 0 Å². The second-order valence-electron chi connectivity index (χ2n) is 14.1. The standard InChI is InChI=1S/C29H53BrN4O4Si/c1-18-15-23-26(24(30)16-18)33(3)28(36)29(23)19(2)27(39(5,6)22-9-7-21(37-4)8-10-22)25(38-29)11-13-34-17-20(12-14-35)31-32-34/h18-27,31-32,35H,7-17H2,1-6H3/t18?,19-,20?,21?,22?,23?,24?,25+,26?,27-,29+/m1/s1. The van der Waals surface area contributed by atoms with Gasteiger partial charge in [-0.2, -0.15) is 5.53 Å². The minimum absolute atomic E-state index is 0.0858. The molecule has 3 N–H and O–H groups in total. The van der Waals surface area contributed by atoms with Gasteiger partial charge in [0.1, 0.15) is 0 Å². The van der Waals surface area contributed by atoms with Gasteiger partial charge < -0.3 is 19.5 Å². The fourth-order valence-corrected chi connectivity index (χ4v) is 16.1. The van der Waals surface area contributed by atoms with Crippen LogP contribution in [0, 0.1) is 17.8 Å². The Morgan fingerprint density at radius 2 is 1.90 bits per heavy atom. The first-order chi connectivity index (χ1) is 18.5. The van der Waals surface area contributed by atoms with Gasteiger partial charge >= 0.3 is 0 Å². The number of nitrogens with one attached hydrogen (secondary N) is 2. The predicted molar refractivity (Wildman–Crippen MR) is 160 cm³/mol. The zero-order valence-corrected chi connectivity index (χ0v) is 27.6. The number of halogens is 1. The molecule has 3 aliphatic heterocycles. The van der Waals surface area contributed by atoms with Crippen LogP contribution >= 0.6 is 15.9 Å². The Bertz CT molecular complexity index is 876.